The summed E-state index contributed by atoms with van der Waals surface area (Å²) in [6, 6.07) is 6.46. The van der Waals surface area contributed by atoms with Crippen LogP contribution >= 0.6 is 34.5 Å². The van der Waals surface area contributed by atoms with E-state index in [9.17, 15) is 14.7 Å². The minimum absolute atomic E-state index is 0.112. The molecular formula is C17H10Cl2N4O4S. The van der Waals surface area contributed by atoms with Crippen molar-refractivity contribution in [1.29, 1.82) is 0 Å². The molecule has 1 amide bonds. The van der Waals surface area contributed by atoms with E-state index in [1.807, 2.05) is 0 Å². The maximum absolute atomic E-state index is 12.1. The maximum atomic E-state index is 12.1. The molecule has 0 bridgehead atoms. The fourth-order valence-corrected chi connectivity index (χ4v) is 4.13. The molecule has 142 valence electrons. The molecule has 11 heteroatoms. The first-order valence-corrected chi connectivity index (χ1v) is 9.45. The smallest absolute Gasteiger partial charge is 0.439 e. The van der Waals surface area contributed by atoms with Crippen LogP contribution in [0.5, 0.6) is 5.75 Å². The Morgan fingerprint density at radius 2 is 2.04 bits per heavy atom. The van der Waals surface area contributed by atoms with E-state index in [-0.39, 0.29) is 11.6 Å². The summed E-state index contributed by atoms with van der Waals surface area (Å²) >= 11 is 14.2. The van der Waals surface area contributed by atoms with Gasteiger partial charge in [-0.15, -0.1) is 11.3 Å². The molecule has 0 atom stereocenters. The van der Waals surface area contributed by atoms with Crippen LogP contribution in [0, 0.1) is 0 Å². The van der Waals surface area contributed by atoms with E-state index in [4.69, 9.17) is 23.2 Å². The minimum atomic E-state index is -0.833. The number of halogens is 2. The zero-order valence-corrected chi connectivity index (χ0v) is 16.2. The quantitative estimate of drug-likeness (QED) is 0.446. The lowest BCUT2D eigenvalue weighted by Gasteiger charge is -2.11. The van der Waals surface area contributed by atoms with E-state index in [1.54, 1.807) is 29.8 Å². The van der Waals surface area contributed by atoms with Crippen LogP contribution < -0.4 is 11.1 Å². The lowest BCUT2D eigenvalue weighted by molar-refractivity contribution is 0.101. The number of carbonyl (C=O) groups is 1. The van der Waals surface area contributed by atoms with Crippen molar-refractivity contribution in [3.05, 3.63) is 67.3 Å². The van der Waals surface area contributed by atoms with Gasteiger partial charge >= 0.3 is 5.76 Å². The predicted octanol–water partition coefficient (Wildman–Crippen LogP) is 3.83. The number of anilines is 1. The molecule has 4 aromatic rings. The second-order valence-corrected chi connectivity index (χ2v) is 7.44. The van der Waals surface area contributed by atoms with Crippen molar-refractivity contribution >= 4 is 56.3 Å². The summed E-state index contributed by atoms with van der Waals surface area (Å²) in [5.74, 6) is -1.66. The number of thiazole rings is 1. The number of aromatic amines is 1. The van der Waals surface area contributed by atoms with Crippen molar-refractivity contribution in [2.45, 2.75) is 6.42 Å². The Morgan fingerprint density at radius 3 is 2.71 bits per heavy atom. The van der Waals surface area contributed by atoms with Crippen molar-refractivity contribution in [2.75, 3.05) is 5.32 Å². The van der Waals surface area contributed by atoms with E-state index < -0.39 is 11.7 Å². The number of phenols is 1. The Hall–Kier alpha value is -2.88. The Labute approximate surface area is 170 Å². The Bertz CT molecular complexity index is 1240. The molecule has 2 aromatic heterocycles. The molecule has 0 saturated heterocycles. The number of nitrogens with zero attached hydrogens (tertiary/aromatic N) is 2. The molecule has 2 aromatic carbocycles. The number of rotatable bonds is 4. The van der Waals surface area contributed by atoms with Crippen LogP contribution in [0.2, 0.25) is 10.0 Å². The molecule has 0 radical (unpaired) electrons. The van der Waals surface area contributed by atoms with Gasteiger partial charge in [0.25, 0.3) is 5.91 Å². The summed E-state index contributed by atoms with van der Waals surface area (Å²) in [5, 5.41) is 16.4. The molecular weight excluding hydrogens is 427 g/mol. The van der Waals surface area contributed by atoms with Crippen LogP contribution in [0.15, 0.2) is 39.1 Å². The van der Waals surface area contributed by atoms with Crippen LogP contribution in [0.25, 0.3) is 10.2 Å². The normalized spacial score (nSPS) is 11.1. The van der Waals surface area contributed by atoms with Crippen molar-refractivity contribution in [1.82, 2.24) is 15.1 Å². The van der Waals surface area contributed by atoms with Crippen LogP contribution in [0.4, 0.5) is 5.69 Å². The summed E-state index contributed by atoms with van der Waals surface area (Å²) in [5.41, 5.74) is 4.10. The van der Waals surface area contributed by atoms with Gasteiger partial charge < -0.3 is 10.4 Å². The van der Waals surface area contributed by atoms with Gasteiger partial charge in [-0.25, -0.2) is 9.78 Å². The Balaban J connectivity index is 1.62. The molecule has 0 spiro atoms. The molecule has 0 aliphatic heterocycles. The van der Waals surface area contributed by atoms with E-state index >= 15 is 0 Å². The highest BCUT2D eigenvalue weighted by Gasteiger charge is 2.16. The topological polar surface area (TPSA) is 121 Å². The maximum Gasteiger partial charge on any atom is 0.439 e. The van der Waals surface area contributed by atoms with E-state index in [1.165, 1.54) is 11.3 Å². The number of aromatic hydroxyl groups is 1. The molecule has 0 saturated carbocycles. The summed E-state index contributed by atoms with van der Waals surface area (Å²) in [4.78, 5) is 29.3. The van der Waals surface area contributed by atoms with Crippen molar-refractivity contribution < 1.29 is 14.4 Å². The fourth-order valence-electron chi connectivity index (χ4n) is 2.68. The second kappa shape index (κ2) is 7.27. The largest absolute Gasteiger partial charge is 0.506 e. The molecule has 0 fully saturated rings. The predicted molar refractivity (Wildman–Crippen MR) is 106 cm³/mol. The number of hydrogen-bond donors (Lipinski definition) is 3. The second-order valence-electron chi connectivity index (χ2n) is 5.77. The Kier molecular flexibility index (Phi) is 4.80. The zero-order chi connectivity index (χ0) is 19.8. The number of aromatic nitrogens is 3. The number of fused-ring (bicyclic) bond motifs is 1. The van der Waals surface area contributed by atoms with E-state index in [0.29, 0.717) is 33.2 Å². The number of phenolic OH excluding ortho intramolecular Hbond substituents is 1. The monoisotopic (exact) mass is 436 g/mol. The van der Waals surface area contributed by atoms with Crippen LogP contribution in [0.3, 0.4) is 0 Å². The fraction of sp³-hybridized carbons (Fsp3) is 0.0588. The first-order chi connectivity index (χ1) is 13.4. The molecule has 0 aliphatic rings. The lowest BCUT2D eigenvalue weighted by atomic mass is 10.0. The number of H-pyrrole nitrogens is 1. The van der Waals surface area contributed by atoms with E-state index in [0.717, 1.165) is 10.3 Å². The van der Waals surface area contributed by atoms with Gasteiger partial charge in [-0.3, -0.25) is 14.3 Å². The van der Waals surface area contributed by atoms with Gasteiger partial charge in [0, 0.05) is 22.2 Å². The lowest BCUT2D eigenvalue weighted by Crippen LogP contribution is -2.15. The van der Waals surface area contributed by atoms with E-state index in [2.05, 4.69) is 25.0 Å². The van der Waals surface area contributed by atoms with Gasteiger partial charge in [0.2, 0.25) is 5.82 Å². The standard InChI is InChI=1S/C17H10Cl2N4O4S/c18-10-4-8(21-16(25)15-22-17(26)27-23-15)5-11(19)9(10)3-7-1-2-12(24)13-14(7)28-6-20-13/h1-2,4-6,24H,3H2,(H,21,25)(H,22,23,26). The van der Waals surface area contributed by atoms with Gasteiger partial charge in [-0.2, -0.15) is 0 Å². The molecule has 0 aliphatic carbocycles. The highest BCUT2D eigenvalue weighted by atomic mass is 35.5. The molecule has 0 unspecified atom stereocenters. The molecule has 2 heterocycles. The molecule has 4 rings (SSSR count). The van der Waals surface area contributed by atoms with Gasteiger partial charge in [-0.1, -0.05) is 29.3 Å². The molecule has 28 heavy (non-hydrogen) atoms. The summed E-state index contributed by atoms with van der Waals surface area (Å²) in [6.45, 7) is 0. The Morgan fingerprint density at radius 1 is 1.29 bits per heavy atom. The number of nitrogens with one attached hydrogen (secondary N) is 2. The van der Waals surface area contributed by atoms with Crippen molar-refractivity contribution in [2.24, 2.45) is 0 Å². The van der Waals surface area contributed by atoms with Crippen molar-refractivity contribution in [3.8, 4) is 5.75 Å². The average molecular weight is 437 g/mol. The van der Waals surface area contributed by atoms with Gasteiger partial charge in [0.05, 0.1) is 10.2 Å². The average Bonchev–Trinajstić information content (AvgIpc) is 3.29. The molecule has 3 N–H and O–H groups in total. The zero-order valence-electron chi connectivity index (χ0n) is 13.8. The first-order valence-electron chi connectivity index (χ1n) is 7.81. The SMILES string of the molecule is O=C(Nc1cc(Cl)c(Cc2ccc(O)c3ncsc23)c(Cl)c1)c1noc(=O)[nH]1. The molecule has 8 nitrogen and oxygen atoms in total. The number of hydrogen-bond acceptors (Lipinski definition) is 7. The van der Waals surface area contributed by atoms with Crippen molar-refractivity contribution in [3.63, 3.8) is 0 Å². The summed E-state index contributed by atoms with van der Waals surface area (Å²) in [6.07, 6.45) is 0.418. The number of benzene rings is 2. The number of amides is 1. The summed E-state index contributed by atoms with van der Waals surface area (Å²) < 4.78 is 5.14. The number of carbonyl (C=O) groups excluding carboxylic acids is 1. The van der Waals surface area contributed by atoms with Crippen LogP contribution in [0.1, 0.15) is 21.7 Å². The summed E-state index contributed by atoms with van der Waals surface area (Å²) in [7, 11) is 0. The van der Waals surface area contributed by atoms with Gasteiger partial charge in [-0.05, 0) is 34.5 Å². The third-order valence-corrected chi connectivity index (χ3v) is 5.54. The van der Waals surface area contributed by atoms with Gasteiger partial charge in [0.1, 0.15) is 11.3 Å². The third kappa shape index (κ3) is 3.47. The van der Waals surface area contributed by atoms with Crippen LogP contribution in [-0.2, 0) is 6.42 Å². The highest BCUT2D eigenvalue weighted by molar-refractivity contribution is 7.17. The first kappa shape index (κ1) is 18.5. The minimum Gasteiger partial charge on any atom is -0.506 e. The highest BCUT2D eigenvalue weighted by Crippen LogP contribution is 2.35. The third-order valence-electron chi connectivity index (χ3n) is 3.97. The van der Waals surface area contributed by atoms with Gasteiger partial charge in [0.15, 0.2) is 0 Å². The van der Waals surface area contributed by atoms with Crippen LogP contribution in [-0.4, -0.2) is 26.1 Å².